The number of rotatable bonds is 5. The van der Waals surface area contributed by atoms with Crippen molar-refractivity contribution in [3.8, 4) is 5.69 Å². The second-order valence-corrected chi connectivity index (χ2v) is 11.2. The third kappa shape index (κ3) is 4.20. The number of pyridine rings is 1. The maximum atomic E-state index is 13.5. The summed E-state index contributed by atoms with van der Waals surface area (Å²) < 4.78 is 43.8. The van der Waals surface area contributed by atoms with Crippen molar-refractivity contribution in [2.45, 2.75) is 30.3 Å². The molecule has 1 aromatic carbocycles. The van der Waals surface area contributed by atoms with Crippen LogP contribution in [0.25, 0.3) is 11.8 Å². The number of nitrogens with zero attached hydrogens (tertiary/aromatic N) is 5. The molecule has 0 amide bonds. The third-order valence-corrected chi connectivity index (χ3v) is 8.90. The average molecular weight is 526 g/mol. The summed E-state index contributed by atoms with van der Waals surface area (Å²) in [7, 11) is 0. The maximum absolute atomic E-state index is 13.5. The van der Waals surface area contributed by atoms with Crippen molar-refractivity contribution in [3.05, 3.63) is 71.4 Å². The van der Waals surface area contributed by atoms with Crippen LogP contribution in [-0.4, -0.2) is 67.0 Å². The molecule has 2 saturated heterocycles. The minimum Gasteiger partial charge on any atom is -0.593 e. The van der Waals surface area contributed by atoms with Crippen molar-refractivity contribution in [2.24, 2.45) is 5.41 Å². The lowest BCUT2D eigenvalue weighted by atomic mass is 9.69. The third-order valence-electron chi connectivity index (χ3n) is 7.47. The monoisotopic (exact) mass is 525 g/mol. The quantitative estimate of drug-likeness (QED) is 0.510. The number of piperidine rings is 1. The molecule has 37 heavy (non-hydrogen) atoms. The summed E-state index contributed by atoms with van der Waals surface area (Å²) in [6.07, 6.45) is 5.31. The van der Waals surface area contributed by atoms with Gasteiger partial charge in [-0.25, -0.2) is 18.4 Å². The molecule has 3 atom stereocenters. The van der Waals surface area contributed by atoms with Crippen molar-refractivity contribution in [1.29, 1.82) is 0 Å². The van der Waals surface area contributed by atoms with Crippen LogP contribution in [0.2, 0.25) is 0 Å². The number of aromatic nitrogens is 3. The molecular formula is C26H25F2N5O3S. The predicted molar refractivity (Wildman–Crippen MR) is 134 cm³/mol. The van der Waals surface area contributed by atoms with Crippen LogP contribution in [0.5, 0.6) is 0 Å². The Labute approximate surface area is 215 Å². The van der Waals surface area contributed by atoms with Gasteiger partial charge in [0.2, 0.25) is 0 Å². The Bertz CT molecular complexity index is 1360. The van der Waals surface area contributed by atoms with Gasteiger partial charge in [-0.1, -0.05) is 0 Å². The van der Waals surface area contributed by atoms with E-state index in [9.17, 15) is 23.2 Å². The van der Waals surface area contributed by atoms with Crippen LogP contribution < -0.4 is 4.90 Å². The summed E-state index contributed by atoms with van der Waals surface area (Å²) in [5, 5.41) is 14.8. The Balaban J connectivity index is 1.25. The number of halogens is 2. The van der Waals surface area contributed by atoms with Crippen molar-refractivity contribution in [1.82, 2.24) is 19.1 Å². The lowest BCUT2D eigenvalue weighted by Gasteiger charge is -2.42. The second kappa shape index (κ2) is 9.23. The first-order valence-electron chi connectivity index (χ1n) is 12.1. The summed E-state index contributed by atoms with van der Waals surface area (Å²) in [6.45, 7) is 1.40. The van der Waals surface area contributed by atoms with Gasteiger partial charge in [0.25, 0.3) is 0 Å². The van der Waals surface area contributed by atoms with Crippen LogP contribution in [0.4, 0.5) is 14.6 Å². The molecule has 0 saturated carbocycles. The highest BCUT2D eigenvalue weighted by Gasteiger charge is 2.51. The van der Waals surface area contributed by atoms with Crippen LogP contribution in [0.3, 0.4) is 0 Å². The largest absolute Gasteiger partial charge is 0.593 e. The van der Waals surface area contributed by atoms with Crippen molar-refractivity contribution in [3.63, 3.8) is 0 Å². The molecular weight excluding hydrogens is 500 g/mol. The fourth-order valence-electron chi connectivity index (χ4n) is 5.47. The Morgan fingerprint density at radius 2 is 1.97 bits per heavy atom. The number of benzene rings is 1. The summed E-state index contributed by atoms with van der Waals surface area (Å²) in [5.41, 5.74) is 1.77. The highest BCUT2D eigenvalue weighted by atomic mass is 32.2. The Kier molecular flexibility index (Phi) is 6.01. The van der Waals surface area contributed by atoms with E-state index >= 15 is 0 Å². The number of alkyl halides is 1. The van der Waals surface area contributed by atoms with Gasteiger partial charge >= 0.3 is 5.97 Å². The molecule has 8 nitrogen and oxygen atoms in total. The molecule has 3 aromatic rings. The SMILES string of the molecule is O=C(O)[C@]12Cc3cnn(-c4ccc(F)cc4)c3C=C1CCN([S+]([O-])c1ccc(N3CC[C@@H](F)C3)nc1)C2. The van der Waals surface area contributed by atoms with E-state index in [0.29, 0.717) is 48.9 Å². The number of hydrogen-bond donors (Lipinski definition) is 1. The van der Waals surface area contributed by atoms with Gasteiger partial charge in [0.15, 0.2) is 4.90 Å². The summed E-state index contributed by atoms with van der Waals surface area (Å²) in [6, 6.07) is 9.44. The highest BCUT2D eigenvalue weighted by molar-refractivity contribution is 7.89. The molecule has 192 valence electrons. The predicted octanol–water partition coefficient (Wildman–Crippen LogP) is 3.39. The Hall–Kier alpha value is -3.28. The van der Waals surface area contributed by atoms with Crippen molar-refractivity contribution in [2.75, 3.05) is 31.1 Å². The topological polar surface area (TPSA) is 97.5 Å². The van der Waals surface area contributed by atoms with Gasteiger partial charge < -0.3 is 14.6 Å². The van der Waals surface area contributed by atoms with Crippen molar-refractivity contribution >= 4 is 29.2 Å². The van der Waals surface area contributed by atoms with Gasteiger partial charge in [0.1, 0.15) is 23.2 Å². The molecule has 1 N–H and O–H groups in total. The molecule has 11 heteroatoms. The summed E-state index contributed by atoms with van der Waals surface area (Å²) in [5.74, 6) is -0.670. The van der Waals surface area contributed by atoms with Crippen LogP contribution in [-0.2, 0) is 22.6 Å². The molecule has 6 rings (SSSR count). The van der Waals surface area contributed by atoms with E-state index in [4.69, 9.17) is 0 Å². The van der Waals surface area contributed by atoms with Gasteiger partial charge in [-0.2, -0.15) is 5.10 Å². The van der Waals surface area contributed by atoms with Gasteiger partial charge in [-0.05, 0) is 66.8 Å². The van der Waals surface area contributed by atoms with Gasteiger partial charge in [0, 0.05) is 19.2 Å². The summed E-state index contributed by atoms with van der Waals surface area (Å²) >= 11 is -1.60. The van der Waals surface area contributed by atoms with E-state index in [-0.39, 0.29) is 18.8 Å². The molecule has 4 heterocycles. The molecule has 2 fully saturated rings. The number of carbonyl (C=O) groups is 1. The van der Waals surface area contributed by atoms with Gasteiger partial charge in [-0.15, -0.1) is 4.31 Å². The molecule has 0 spiro atoms. The molecule has 2 aliphatic heterocycles. The molecule has 1 unspecified atom stereocenters. The number of carboxylic acids is 1. The Morgan fingerprint density at radius 3 is 2.65 bits per heavy atom. The van der Waals surface area contributed by atoms with E-state index in [2.05, 4.69) is 10.1 Å². The molecule has 2 aromatic heterocycles. The van der Waals surface area contributed by atoms with E-state index < -0.39 is 28.9 Å². The first-order valence-corrected chi connectivity index (χ1v) is 13.2. The zero-order chi connectivity index (χ0) is 25.7. The minimum absolute atomic E-state index is 0.0827. The first-order chi connectivity index (χ1) is 17.8. The molecule has 3 aliphatic rings. The molecule has 0 bridgehead atoms. The van der Waals surface area contributed by atoms with Gasteiger partial charge in [0.05, 0.1) is 48.2 Å². The van der Waals surface area contributed by atoms with Crippen LogP contribution in [0.1, 0.15) is 24.1 Å². The van der Waals surface area contributed by atoms with Crippen LogP contribution in [0.15, 0.2) is 59.3 Å². The number of fused-ring (bicyclic) bond motifs is 2. The van der Waals surface area contributed by atoms with E-state index in [1.807, 2.05) is 11.0 Å². The second-order valence-electron chi connectivity index (χ2n) is 9.72. The number of carboxylic acid groups (broad SMARTS) is 1. The van der Waals surface area contributed by atoms with Crippen LogP contribution in [0, 0.1) is 11.2 Å². The highest BCUT2D eigenvalue weighted by Crippen LogP contribution is 2.45. The zero-order valence-electron chi connectivity index (χ0n) is 19.9. The Morgan fingerprint density at radius 1 is 1.16 bits per heavy atom. The normalized spacial score (nSPS) is 24.4. The number of anilines is 1. The average Bonchev–Trinajstić information content (AvgIpc) is 3.53. The molecule has 0 radical (unpaired) electrons. The fraction of sp³-hybridized carbons (Fsp3) is 0.346. The first kappa shape index (κ1) is 24.1. The lowest BCUT2D eigenvalue weighted by molar-refractivity contribution is -0.147. The van der Waals surface area contributed by atoms with E-state index in [1.54, 1.807) is 39.4 Å². The zero-order valence-corrected chi connectivity index (χ0v) is 20.7. The maximum Gasteiger partial charge on any atom is 0.315 e. The van der Waals surface area contributed by atoms with Gasteiger partial charge in [-0.3, -0.25) is 4.79 Å². The smallest absolute Gasteiger partial charge is 0.315 e. The van der Waals surface area contributed by atoms with Crippen LogP contribution >= 0.6 is 0 Å². The standard InChI is InChI=1S/C26H25F2N5O3S/c27-19-1-3-21(4-2-19)33-23-11-18-7-10-32(16-26(18,25(34)35)12-17(23)13-30-33)37(36)22-5-6-24(29-14-22)31-9-8-20(28)15-31/h1-6,11,13-14,20H,7-10,12,15-16H2,(H,34,35)/t20-,26+,37?/m1/s1. The lowest BCUT2D eigenvalue weighted by Crippen LogP contribution is -2.53. The summed E-state index contributed by atoms with van der Waals surface area (Å²) in [4.78, 5) is 19.4. The van der Waals surface area contributed by atoms with E-state index in [0.717, 1.165) is 16.8 Å². The fourth-order valence-corrected chi connectivity index (χ4v) is 6.69. The minimum atomic E-state index is -1.60. The number of aliphatic carboxylic acids is 1. The van der Waals surface area contributed by atoms with E-state index in [1.165, 1.54) is 18.3 Å². The number of hydrogen-bond acceptors (Lipinski definition) is 6. The van der Waals surface area contributed by atoms with Crippen molar-refractivity contribution < 1.29 is 23.2 Å². The molecule has 1 aliphatic carbocycles.